The van der Waals surface area contributed by atoms with Crippen molar-refractivity contribution < 1.29 is 14.6 Å². The minimum Gasteiger partial charge on any atom is -0.388 e. The van der Waals surface area contributed by atoms with Gasteiger partial charge in [-0.15, -0.1) is 0 Å². The van der Waals surface area contributed by atoms with Crippen LogP contribution in [0.15, 0.2) is 0 Å². The molecule has 1 atom stereocenters. The number of likely N-dealkylation sites (tertiary alicyclic amines) is 1. The van der Waals surface area contributed by atoms with Crippen LogP contribution in [0.5, 0.6) is 0 Å². The molecule has 2 rings (SSSR count). The molecule has 0 aromatic rings. The molecule has 1 unspecified atom stereocenters. The second-order valence-electron chi connectivity index (χ2n) is 5.08. The summed E-state index contributed by atoms with van der Waals surface area (Å²) in [6.45, 7) is 4.76. The highest BCUT2D eigenvalue weighted by atomic mass is 16.5. The summed E-state index contributed by atoms with van der Waals surface area (Å²) in [5.74, 6) is 0.0194. The number of nitrogens with one attached hydrogen (secondary N) is 1. The lowest BCUT2D eigenvalue weighted by Gasteiger charge is -2.43. The number of hydrogen-bond acceptors (Lipinski definition) is 4. The van der Waals surface area contributed by atoms with E-state index in [0.29, 0.717) is 26.2 Å². The van der Waals surface area contributed by atoms with Crippen molar-refractivity contribution in [1.29, 1.82) is 0 Å². The third-order valence-corrected chi connectivity index (χ3v) is 3.05. The van der Waals surface area contributed by atoms with Crippen LogP contribution in [0.4, 0.5) is 0 Å². The van der Waals surface area contributed by atoms with Crippen LogP contribution in [0.2, 0.25) is 0 Å². The van der Waals surface area contributed by atoms with Crippen molar-refractivity contribution in [2.75, 3.05) is 32.8 Å². The molecule has 0 saturated carbocycles. The van der Waals surface area contributed by atoms with Crippen LogP contribution in [-0.2, 0) is 9.53 Å². The van der Waals surface area contributed by atoms with Gasteiger partial charge >= 0.3 is 0 Å². The number of aliphatic hydroxyl groups is 1. The Morgan fingerprint density at radius 2 is 2.38 bits per heavy atom. The van der Waals surface area contributed by atoms with E-state index in [2.05, 4.69) is 5.32 Å². The largest absolute Gasteiger partial charge is 0.388 e. The summed E-state index contributed by atoms with van der Waals surface area (Å²) < 4.78 is 5.41. The molecule has 2 heterocycles. The summed E-state index contributed by atoms with van der Waals surface area (Å²) in [7, 11) is 0. The third-order valence-electron chi connectivity index (χ3n) is 3.05. The predicted octanol–water partition coefficient (Wildman–Crippen LogP) is -0.652. The maximum absolute atomic E-state index is 11.5. The van der Waals surface area contributed by atoms with Crippen molar-refractivity contribution in [3.05, 3.63) is 0 Å². The first-order valence-corrected chi connectivity index (χ1v) is 5.88. The lowest BCUT2D eigenvalue weighted by atomic mass is 9.97. The Hall–Kier alpha value is -0.650. The van der Waals surface area contributed by atoms with Gasteiger partial charge in [0.1, 0.15) is 0 Å². The second kappa shape index (κ2) is 4.69. The second-order valence-corrected chi connectivity index (χ2v) is 5.08. The summed E-state index contributed by atoms with van der Waals surface area (Å²) in [5, 5.41) is 12.4. The standard InChI is InChI=1S/C11H20N2O3/c1-11(15)7-13(8-11)6-10(14)12-5-9-3-2-4-16-9/h9,15H,2-8H2,1H3,(H,12,14). The number of nitrogens with zero attached hydrogens (tertiary/aromatic N) is 1. The molecule has 92 valence electrons. The van der Waals surface area contributed by atoms with Gasteiger partial charge in [0.2, 0.25) is 5.91 Å². The van der Waals surface area contributed by atoms with E-state index in [1.807, 2.05) is 4.90 Å². The van der Waals surface area contributed by atoms with Crippen molar-refractivity contribution >= 4 is 5.91 Å². The van der Waals surface area contributed by atoms with Gasteiger partial charge < -0.3 is 15.2 Å². The van der Waals surface area contributed by atoms with Crippen molar-refractivity contribution in [3.63, 3.8) is 0 Å². The van der Waals surface area contributed by atoms with Crippen molar-refractivity contribution in [2.24, 2.45) is 0 Å². The van der Waals surface area contributed by atoms with E-state index in [-0.39, 0.29) is 12.0 Å². The van der Waals surface area contributed by atoms with Gasteiger partial charge in [-0.05, 0) is 19.8 Å². The number of rotatable bonds is 4. The molecule has 2 aliphatic heterocycles. The monoisotopic (exact) mass is 228 g/mol. The van der Waals surface area contributed by atoms with Gasteiger partial charge in [0, 0.05) is 26.2 Å². The van der Waals surface area contributed by atoms with Gasteiger partial charge in [0.25, 0.3) is 0 Å². The summed E-state index contributed by atoms with van der Waals surface area (Å²) in [6, 6.07) is 0. The van der Waals surface area contributed by atoms with E-state index in [0.717, 1.165) is 19.4 Å². The molecule has 1 amide bonds. The average Bonchev–Trinajstić information content (AvgIpc) is 2.64. The Balaban J connectivity index is 1.58. The number of amides is 1. The zero-order chi connectivity index (χ0) is 11.6. The number of hydrogen-bond donors (Lipinski definition) is 2. The lowest BCUT2D eigenvalue weighted by Crippen LogP contribution is -2.61. The third kappa shape index (κ3) is 3.17. The molecule has 5 nitrogen and oxygen atoms in total. The van der Waals surface area contributed by atoms with E-state index in [9.17, 15) is 9.90 Å². The summed E-state index contributed by atoms with van der Waals surface area (Å²) >= 11 is 0. The normalized spacial score (nSPS) is 28.8. The highest BCUT2D eigenvalue weighted by Gasteiger charge is 2.37. The predicted molar refractivity (Wildman–Crippen MR) is 59.0 cm³/mol. The number of β-amino-alcohol motifs (C(OH)–C–C–N with tert-alkyl or cyclic N) is 1. The summed E-state index contributed by atoms with van der Waals surface area (Å²) in [6.07, 6.45) is 2.33. The van der Waals surface area contributed by atoms with Crippen LogP contribution in [0.1, 0.15) is 19.8 Å². The van der Waals surface area contributed by atoms with Gasteiger partial charge in [0.05, 0.1) is 18.2 Å². The SMILES string of the molecule is CC1(O)CN(CC(=O)NCC2CCCO2)C1. The Morgan fingerprint density at radius 3 is 2.94 bits per heavy atom. The molecule has 2 N–H and O–H groups in total. The molecular formula is C11H20N2O3. The number of carbonyl (C=O) groups is 1. The Kier molecular flexibility index (Phi) is 3.47. The minimum absolute atomic E-state index is 0.0194. The Labute approximate surface area is 95.8 Å². The zero-order valence-corrected chi connectivity index (χ0v) is 9.74. The first kappa shape index (κ1) is 11.8. The van der Waals surface area contributed by atoms with E-state index in [1.165, 1.54) is 0 Å². The molecule has 16 heavy (non-hydrogen) atoms. The Morgan fingerprint density at radius 1 is 1.62 bits per heavy atom. The Bertz CT molecular complexity index is 254. The average molecular weight is 228 g/mol. The maximum Gasteiger partial charge on any atom is 0.234 e. The molecular weight excluding hydrogens is 208 g/mol. The fourth-order valence-electron chi connectivity index (χ4n) is 2.32. The van der Waals surface area contributed by atoms with Crippen molar-refractivity contribution in [1.82, 2.24) is 10.2 Å². The van der Waals surface area contributed by atoms with Crippen LogP contribution in [0.3, 0.4) is 0 Å². The van der Waals surface area contributed by atoms with Crippen molar-refractivity contribution in [2.45, 2.75) is 31.5 Å². The number of carbonyl (C=O) groups excluding carboxylic acids is 1. The van der Waals surface area contributed by atoms with Crippen LogP contribution in [-0.4, -0.2) is 60.4 Å². The molecule has 0 bridgehead atoms. The van der Waals surface area contributed by atoms with E-state index in [4.69, 9.17) is 4.74 Å². The molecule has 0 spiro atoms. The maximum atomic E-state index is 11.5. The van der Waals surface area contributed by atoms with E-state index < -0.39 is 5.60 Å². The molecule has 2 saturated heterocycles. The van der Waals surface area contributed by atoms with Gasteiger partial charge in [0.15, 0.2) is 0 Å². The van der Waals surface area contributed by atoms with Crippen LogP contribution >= 0.6 is 0 Å². The zero-order valence-electron chi connectivity index (χ0n) is 9.74. The highest BCUT2D eigenvalue weighted by Crippen LogP contribution is 2.18. The molecule has 0 aromatic carbocycles. The van der Waals surface area contributed by atoms with Gasteiger partial charge in [-0.3, -0.25) is 9.69 Å². The summed E-state index contributed by atoms with van der Waals surface area (Å²) in [5.41, 5.74) is -0.602. The molecule has 0 radical (unpaired) electrons. The van der Waals surface area contributed by atoms with Gasteiger partial charge in [-0.2, -0.15) is 0 Å². The molecule has 2 fully saturated rings. The van der Waals surface area contributed by atoms with Crippen LogP contribution in [0, 0.1) is 0 Å². The van der Waals surface area contributed by atoms with Crippen LogP contribution in [0.25, 0.3) is 0 Å². The molecule has 5 heteroatoms. The fourth-order valence-corrected chi connectivity index (χ4v) is 2.32. The minimum atomic E-state index is -0.602. The molecule has 0 aliphatic carbocycles. The topological polar surface area (TPSA) is 61.8 Å². The fraction of sp³-hybridized carbons (Fsp3) is 0.909. The first-order valence-electron chi connectivity index (χ1n) is 5.88. The molecule has 2 aliphatic rings. The molecule has 0 aromatic heterocycles. The number of ether oxygens (including phenoxy) is 1. The highest BCUT2D eigenvalue weighted by molar-refractivity contribution is 5.78. The van der Waals surface area contributed by atoms with E-state index >= 15 is 0 Å². The summed E-state index contributed by atoms with van der Waals surface area (Å²) in [4.78, 5) is 13.5. The smallest absolute Gasteiger partial charge is 0.234 e. The lowest BCUT2D eigenvalue weighted by molar-refractivity contribution is -0.130. The van der Waals surface area contributed by atoms with Gasteiger partial charge in [-0.1, -0.05) is 0 Å². The quantitative estimate of drug-likeness (QED) is 0.671. The van der Waals surface area contributed by atoms with Crippen molar-refractivity contribution in [3.8, 4) is 0 Å². The first-order chi connectivity index (χ1) is 7.55. The van der Waals surface area contributed by atoms with Crippen LogP contribution < -0.4 is 5.32 Å². The van der Waals surface area contributed by atoms with Gasteiger partial charge in [-0.25, -0.2) is 0 Å². The van der Waals surface area contributed by atoms with E-state index in [1.54, 1.807) is 6.92 Å².